The molecule has 1 N–H and O–H groups in total. The molecular formula is C21H28N4O3. The van der Waals surface area contributed by atoms with Crippen molar-refractivity contribution in [2.45, 2.75) is 31.1 Å². The van der Waals surface area contributed by atoms with Crippen molar-refractivity contribution in [3.8, 4) is 0 Å². The van der Waals surface area contributed by atoms with Gasteiger partial charge in [0.05, 0.1) is 36.6 Å². The molecule has 2 saturated heterocycles. The van der Waals surface area contributed by atoms with Crippen LogP contribution < -0.4 is 0 Å². The van der Waals surface area contributed by atoms with Crippen molar-refractivity contribution in [1.29, 1.82) is 0 Å². The molecule has 3 heterocycles. The lowest BCUT2D eigenvalue weighted by molar-refractivity contribution is -0.0770. The fraction of sp³-hybridized carbons (Fsp3) is 0.524. The number of likely N-dealkylation sites (tertiary alicyclic amines) is 1. The largest absolute Gasteiger partial charge is 0.393 e. The first-order chi connectivity index (χ1) is 13.6. The van der Waals surface area contributed by atoms with Gasteiger partial charge < -0.3 is 19.6 Å². The number of ether oxygens (including phenoxy) is 1. The molecule has 1 amide bonds. The van der Waals surface area contributed by atoms with Crippen molar-refractivity contribution >= 4 is 5.91 Å². The molecule has 0 spiro atoms. The Morgan fingerprint density at radius 1 is 1.21 bits per heavy atom. The van der Waals surface area contributed by atoms with Gasteiger partial charge in [-0.3, -0.25) is 9.48 Å². The molecule has 2 aromatic rings. The average molecular weight is 384 g/mol. The number of aryl methyl sites for hydroxylation is 1. The highest BCUT2D eigenvalue weighted by Gasteiger charge is 2.38. The monoisotopic (exact) mass is 384 g/mol. The molecule has 0 unspecified atom stereocenters. The van der Waals surface area contributed by atoms with Gasteiger partial charge in [-0.2, -0.15) is 5.10 Å². The minimum Gasteiger partial charge on any atom is -0.393 e. The lowest BCUT2D eigenvalue weighted by Crippen LogP contribution is -2.52. The topological polar surface area (TPSA) is 70.8 Å². The van der Waals surface area contributed by atoms with Gasteiger partial charge in [-0.25, -0.2) is 0 Å². The lowest BCUT2D eigenvalue weighted by Gasteiger charge is -2.43. The summed E-state index contributed by atoms with van der Waals surface area (Å²) in [5.41, 5.74) is 1.69. The number of benzene rings is 1. The first-order valence-corrected chi connectivity index (χ1v) is 9.98. The van der Waals surface area contributed by atoms with E-state index in [1.807, 2.05) is 30.1 Å². The molecule has 2 fully saturated rings. The molecule has 7 nitrogen and oxygen atoms in total. The molecular weight excluding hydrogens is 356 g/mol. The Morgan fingerprint density at radius 2 is 1.96 bits per heavy atom. The average Bonchev–Trinajstić information content (AvgIpc) is 3.16. The summed E-state index contributed by atoms with van der Waals surface area (Å²) in [5.74, 6) is -0.00989. The van der Waals surface area contributed by atoms with Crippen LogP contribution in [0.5, 0.6) is 0 Å². The van der Waals surface area contributed by atoms with Gasteiger partial charge in [0, 0.05) is 39.4 Å². The third kappa shape index (κ3) is 4.11. The van der Waals surface area contributed by atoms with E-state index >= 15 is 0 Å². The second-order valence-electron chi connectivity index (χ2n) is 7.70. The molecule has 7 heteroatoms. The number of morpholine rings is 1. The number of aliphatic hydroxyl groups is 1. The van der Waals surface area contributed by atoms with E-state index < -0.39 is 0 Å². The highest BCUT2D eigenvalue weighted by Crippen LogP contribution is 2.32. The Labute approximate surface area is 165 Å². The molecule has 1 aromatic carbocycles. The number of amides is 1. The van der Waals surface area contributed by atoms with E-state index in [-0.39, 0.29) is 24.2 Å². The minimum atomic E-state index is -0.197. The fourth-order valence-electron chi connectivity index (χ4n) is 4.21. The Morgan fingerprint density at radius 3 is 2.64 bits per heavy atom. The maximum Gasteiger partial charge on any atom is 0.257 e. The van der Waals surface area contributed by atoms with Crippen LogP contribution in [0.15, 0.2) is 42.7 Å². The Kier molecular flexibility index (Phi) is 5.75. The number of aliphatic hydroxyl groups excluding tert-OH is 1. The molecule has 2 aliphatic heterocycles. The summed E-state index contributed by atoms with van der Waals surface area (Å²) in [4.78, 5) is 17.5. The van der Waals surface area contributed by atoms with Crippen molar-refractivity contribution in [1.82, 2.24) is 19.6 Å². The van der Waals surface area contributed by atoms with Crippen LogP contribution in [0.1, 0.15) is 34.8 Å². The smallest absolute Gasteiger partial charge is 0.257 e. The van der Waals surface area contributed by atoms with Crippen molar-refractivity contribution in [3.63, 3.8) is 0 Å². The van der Waals surface area contributed by atoms with Crippen LogP contribution in [0.2, 0.25) is 0 Å². The van der Waals surface area contributed by atoms with Gasteiger partial charge >= 0.3 is 0 Å². The zero-order valence-electron chi connectivity index (χ0n) is 16.3. The van der Waals surface area contributed by atoms with Crippen LogP contribution in [-0.2, 0) is 11.8 Å². The number of rotatable bonds is 4. The molecule has 28 heavy (non-hydrogen) atoms. The third-order valence-electron chi connectivity index (χ3n) is 5.70. The first kappa shape index (κ1) is 19.1. The maximum absolute atomic E-state index is 13.2. The number of carbonyl (C=O) groups excluding carboxylic acids is 1. The third-order valence-corrected chi connectivity index (χ3v) is 5.70. The first-order valence-electron chi connectivity index (χ1n) is 9.98. The van der Waals surface area contributed by atoms with Crippen molar-refractivity contribution < 1.29 is 14.6 Å². The van der Waals surface area contributed by atoms with Crippen molar-refractivity contribution in [3.05, 3.63) is 53.9 Å². The standard InChI is InChI=1S/C21H28N4O3/c1-23-14-17(13-22-23)21(27)25-11-12-28-19(15-24-9-7-18(26)8-10-24)20(25)16-5-3-2-4-6-16/h2-6,13-14,18-20,26H,7-12,15H2,1H3/t19-,20-/m0/s1. The number of carbonyl (C=O) groups is 1. The van der Waals surface area contributed by atoms with Gasteiger partial charge in [0.25, 0.3) is 5.91 Å². The van der Waals surface area contributed by atoms with Crippen LogP contribution >= 0.6 is 0 Å². The highest BCUT2D eigenvalue weighted by atomic mass is 16.5. The van der Waals surface area contributed by atoms with Gasteiger partial charge in [-0.05, 0) is 18.4 Å². The predicted octanol–water partition coefficient (Wildman–Crippen LogP) is 1.46. The molecule has 150 valence electrons. The maximum atomic E-state index is 13.2. The molecule has 0 saturated carbocycles. The van der Waals surface area contributed by atoms with Crippen LogP contribution in [0.3, 0.4) is 0 Å². The van der Waals surface area contributed by atoms with E-state index in [2.05, 4.69) is 22.1 Å². The molecule has 4 rings (SSSR count). The molecule has 2 aliphatic rings. The van der Waals surface area contributed by atoms with E-state index in [1.165, 1.54) is 0 Å². The van der Waals surface area contributed by atoms with Gasteiger partial charge in [0.15, 0.2) is 0 Å². The summed E-state index contributed by atoms with van der Waals surface area (Å²) >= 11 is 0. The van der Waals surface area contributed by atoms with Gasteiger partial charge in [-0.1, -0.05) is 30.3 Å². The van der Waals surface area contributed by atoms with Crippen molar-refractivity contribution in [2.24, 2.45) is 7.05 Å². The van der Waals surface area contributed by atoms with Gasteiger partial charge in [0.2, 0.25) is 0 Å². The zero-order chi connectivity index (χ0) is 19.5. The minimum absolute atomic E-state index is 0.00989. The molecule has 1 aromatic heterocycles. The van der Waals surface area contributed by atoms with Crippen LogP contribution in [0.4, 0.5) is 0 Å². The summed E-state index contributed by atoms with van der Waals surface area (Å²) in [5, 5.41) is 13.9. The number of aromatic nitrogens is 2. The normalized spacial score (nSPS) is 24.4. The summed E-state index contributed by atoms with van der Waals surface area (Å²) in [6.45, 7) is 3.56. The zero-order valence-corrected chi connectivity index (χ0v) is 16.3. The number of hydrogen-bond acceptors (Lipinski definition) is 5. The Balaban J connectivity index is 1.59. The molecule has 0 radical (unpaired) electrons. The van der Waals surface area contributed by atoms with Crippen LogP contribution in [0, 0.1) is 0 Å². The van der Waals surface area contributed by atoms with Crippen molar-refractivity contribution in [2.75, 3.05) is 32.8 Å². The fourth-order valence-corrected chi connectivity index (χ4v) is 4.21. The molecule has 2 atom stereocenters. The lowest BCUT2D eigenvalue weighted by atomic mass is 9.96. The number of nitrogens with zero attached hydrogens (tertiary/aromatic N) is 4. The van der Waals surface area contributed by atoms with Gasteiger partial charge in [-0.15, -0.1) is 0 Å². The van der Waals surface area contributed by atoms with Gasteiger partial charge in [0.1, 0.15) is 0 Å². The van der Waals surface area contributed by atoms with E-state index in [0.29, 0.717) is 18.7 Å². The van der Waals surface area contributed by atoms with E-state index in [4.69, 9.17) is 4.74 Å². The SMILES string of the molecule is Cn1cc(C(=O)N2CCO[C@@H](CN3CCC(O)CC3)[C@@H]2c2ccccc2)cn1. The summed E-state index contributed by atoms with van der Waals surface area (Å²) in [6.07, 6.45) is 4.67. The second kappa shape index (κ2) is 8.43. The predicted molar refractivity (Wildman–Crippen MR) is 105 cm³/mol. The highest BCUT2D eigenvalue weighted by molar-refractivity contribution is 5.94. The van der Waals surface area contributed by atoms with E-state index in [9.17, 15) is 9.90 Å². The Bertz CT molecular complexity index is 786. The summed E-state index contributed by atoms with van der Waals surface area (Å²) in [7, 11) is 1.82. The number of hydrogen-bond donors (Lipinski definition) is 1. The summed E-state index contributed by atoms with van der Waals surface area (Å²) in [6, 6.07) is 9.98. The van der Waals surface area contributed by atoms with E-state index in [1.54, 1.807) is 17.1 Å². The van der Waals surface area contributed by atoms with E-state index in [0.717, 1.165) is 38.0 Å². The molecule has 0 bridgehead atoms. The quantitative estimate of drug-likeness (QED) is 0.864. The number of piperidine rings is 1. The molecule has 0 aliphatic carbocycles. The summed E-state index contributed by atoms with van der Waals surface area (Å²) < 4.78 is 7.83. The van der Waals surface area contributed by atoms with Crippen LogP contribution in [0.25, 0.3) is 0 Å². The second-order valence-corrected chi connectivity index (χ2v) is 7.70. The Hall–Kier alpha value is -2.22. The van der Waals surface area contributed by atoms with Crippen LogP contribution in [-0.4, -0.2) is 75.6 Å².